The molecule has 0 saturated heterocycles. The highest BCUT2D eigenvalue weighted by molar-refractivity contribution is 7.46. The van der Waals surface area contributed by atoms with Crippen LogP contribution in [0.3, 0.4) is 0 Å². The Bertz CT molecular complexity index is 848. The van der Waals surface area contributed by atoms with Crippen LogP contribution >= 0.6 is 7.82 Å². The van der Waals surface area contributed by atoms with Crippen molar-refractivity contribution in [3.05, 3.63) is 24.3 Å². The largest absolute Gasteiger partial charge is 0.478 e. The fraction of sp³-hybridized carbons (Fsp3) is 0.724. The second-order valence-electron chi connectivity index (χ2n) is 9.91. The molecule has 236 valence electrons. The molecule has 0 aromatic carbocycles. The van der Waals surface area contributed by atoms with Gasteiger partial charge in [0.1, 0.15) is 6.61 Å². The first-order chi connectivity index (χ1) is 19.5. The van der Waals surface area contributed by atoms with E-state index >= 15 is 0 Å². The molecule has 41 heavy (non-hydrogen) atoms. The van der Waals surface area contributed by atoms with Crippen molar-refractivity contribution in [3.8, 4) is 0 Å². The number of rotatable bonds is 27. The van der Waals surface area contributed by atoms with Gasteiger partial charge in [0.25, 0.3) is 0 Å². The molecule has 0 bridgehead atoms. The molecule has 0 amide bonds. The van der Waals surface area contributed by atoms with Crippen molar-refractivity contribution in [1.29, 1.82) is 0 Å². The lowest BCUT2D eigenvalue weighted by Crippen LogP contribution is -2.29. The quantitative estimate of drug-likeness (QED) is 0.0331. The predicted octanol–water partition coefficient (Wildman–Crippen LogP) is 5.97. The number of ketones is 1. The summed E-state index contributed by atoms with van der Waals surface area (Å²) in [6.45, 7) is 1.11. The lowest BCUT2D eigenvalue weighted by Gasteiger charge is -2.18. The Morgan fingerprint density at radius 1 is 0.707 bits per heavy atom. The van der Waals surface area contributed by atoms with Crippen LogP contribution in [0.5, 0.6) is 0 Å². The van der Waals surface area contributed by atoms with Crippen molar-refractivity contribution < 1.29 is 52.6 Å². The lowest BCUT2D eigenvalue weighted by molar-refractivity contribution is -0.161. The van der Waals surface area contributed by atoms with E-state index in [4.69, 9.17) is 24.4 Å². The van der Waals surface area contributed by atoms with Crippen LogP contribution in [0, 0.1) is 0 Å². The number of allylic oxidation sites excluding steroid dienone is 3. The average Bonchev–Trinajstić information content (AvgIpc) is 2.90. The van der Waals surface area contributed by atoms with E-state index < -0.39 is 50.8 Å². The third kappa shape index (κ3) is 29.0. The number of hydrogen-bond donors (Lipinski definition) is 3. The van der Waals surface area contributed by atoms with E-state index in [0.29, 0.717) is 12.5 Å². The SMILES string of the molecule is CCCCCCCC/C=C\CCCCCCCC(=O)OC[C@H](COP(=O)(O)O)OC(=O)CCCC(=O)/C=C/C(=O)O. The van der Waals surface area contributed by atoms with Gasteiger partial charge in [-0.05, 0) is 44.6 Å². The number of aliphatic carboxylic acids is 1. The van der Waals surface area contributed by atoms with Crippen molar-refractivity contribution >= 4 is 31.5 Å². The van der Waals surface area contributed by atoms with Crippen molar-refractivity contribution in [1.82, 2.24) is 0 Å². The Morgan fingerprint density at radius 2 is 1.27 bits per heavy atom. The molecule has 0 unspecified atom stereocenters. The molecule has 12 heteroatoms. The Morgan fingerprint density at radius 3 is 1.85 bits per heavy atom. The van der Waals surface area contributed by atoms with Gasteiger partial charge in [0, 0.05) is 25.3 Å². The lowest BCUT2D eigenvalue weighted by atomic mass is 10.1. The van der Waals surface area contributed by atoms with Crippen LogP contribution in [0.2, 0.25) is 0 Å². The third-order valence-corrected chi connectivity index (χ3v) is 6.50. The molecule has 0 heterocycles. The van der Waals surface area contributed by atoms with E-state index in [0.717, 1.165) is 44.6 Å². The predicted molar refractivity (Wildman–Crippen MR) is 154 cm³/mol. The van der Waals surface area contributed by atoms with Crippen LogP contribution in [-0.4, -0.2) is 57.9 Å². The number of unbranched alkanes of at least 4 members (excludes halogenated alkanes) is 11. The summed E-state index contributed by atoms with van der Waals surface area (Å²) in [4.78, 5) is 63.9. The molecule has 1 atom stereocenters. The summed E-state index contributed by atoms with van der Waals surface area (Å²) in [5, 5.41) is 8.50. The van der Waals surface area contributed by atoms with Gasteiger partial charge < -0.3 is 24.4 Å². The van der Waals surface area contributed by atoms with Crippen molar-refractivity contribution in [2.75, 3.05) is 13.2 Å². The summed E-state index contributed by atoms with van der Waals surface area (Å²) in [6.07, 6.45) is 19.6. The fourth-order valence-electron chi connectivity index (χ4n) is 3.79. The third-order valence-electron chi connectivity index (χ3n) is 6.02. The van der Waals surface area contributed by atoms with Gasteiger partial charge in [0.2, 0.25) is 0 Å². The smallest absolute Gasteiger partial charge is 0.469 e. The van der Waals surface area contributed by atoms with Gasteiger partial charge in [-0.25, -0.2) is 9.36 Å². The number of ether oxygens (including phenoxy) is 2. The minimum Gasteiger partial charge on any atom is -0.478 e. The summed E-state index contributed by atoms with van der Waals surface area (Å²) in [5.74, 6) is -3.05. The van der Waals surface area contributed by atoms with Crippen molar-refractivity contribution in [3.63, 3.8) is 0 Å². The highest BCUT2D eigenvalue weighted by Gasteiger charge is 2.23. The van der Waals surface area contributed by atoms with E-state index in [1.54, 1.807) is 0 Å². The molecule has 0 radical (unpaired) electrons. The maximum absolute atomic E-state index is 12.1. The summed E-state index contributed by atoms with van der Waals surface area (Å²) in [5.41, 5.74) is 0. The Hall–Kier alpha value is -2.33. The second kappa shape index (κ2) is 25.4. The molecule has 0 aliphatic rings. The van der Waals surface area contributed by atoms with Crippen LogP contribution in [-0.2, 0) is 37.7 Å². The van der Waals surface area contributed by atoms with Gasteiger partial charge in [-0.3, -0.25) is 18.9 Å². The van der Waals surface area contributed by atoms with E-state index in [1.165, 1.54) is 38.5 Å². The van der Waals surface area contributed by atoms with Gasteiger partial charge in [0.15, 0.2) is 11.9 Å². The number of carboxylic acid groups (broad SMARTS) is 1. The van der Waals surface area contributed by atoms with E-state index in [1.807, 2.05) is 0 Å². The Kier molecular flexibility index (Phi) is 23.9. The number of carbonyl (C=O) groups excluding carboxylic acids is 3. The highest BCUT2D eigenvalue weighted by Crippen LogP contribution is 2.35. The van der Waals surface area contributed by atoms with Crippen LogP contribution in [0.1, 0.15) is 116 Å². The molecule has 0 aromatic rings. The molecular formula is C29H49O11P. The van der Waals surface area contributed by atoms with Gasteiger partial charge in [-0.1, -0.05) is 70.4 Å². The van der Waals surface area contributed by atoms with Crippen LogP contribution in [0.25, 0.3) is 0 Å². The van der Waals surface area contributed by atoms with Gasteiger partial charge in [-0.2, -0.15) is 0 Å². The zero-order valence-corrected chi connectivity index (χ0v) is 25.3. The minimum absolute atomic E-state index is 0.0724. The number of hydrogen-bond acceptors (Lipinski definition) is 8. The standard InChI is InChI=1S/C29H49O11P/c1-2-3-4-5-6-7-8-9-10-11-12-13-14-15-16-19-28(33)38-23-26(24-39-41(35,36)37)40-29(34)20-17-18-25(30)21-22-27(31)32/h9-10,21-22,26H,2-8,11-20,23-24H2,1H3,(H,31,32)(H2,35,36,37)/b10-9-,22-21+/t26-/m1/s1. The maximum Gasteiger partial charge on any atom is 0.469 e. The number of phosphoric ester groups is 1. The molecule has 0 fully saturated rings. The number of esters is 2. The Labute approximate surface area is 243 Å². The number of phosphoric acid groups is 1. The van der Waals surface area contributed by atoms with E-state index in [-0.39, 0.29) is 25.7 Å². The highest BCUT2D eigenvalue weighted by atomic mass is 31.2. The van der Waals surface area contributed by atoms with Crippen molar-refractivity contribution in [2.24, 2.45) is 0 Å². The molecule has 11 nitrogen and oxygen atoms in total. The molecule has 3 N–H and O–H groups in total. The monoisotopic (exact) mass is 604 g/mol. The first-order valence-electron chi connectivity index (χ1n) is 14.7. The first-order valence-corrected chi connectivity index (χ1v) is 16.2. The van der Waals surface area contributed by atoms with Gasteiger partial charge in [-0.15, -0.1) is 0 Å². The normalized spacial score (nSPS) is 12.6. The molecule has 0 saturated carbocycles. The van der Waals surface area contributed by atoms with E-state index in [2.05, 4.69) is 23.6 Å². The molecule has 0 rings (SSSR count). The Balaban J connectivity index is 4.11. The zero-order chi connectivity index (χ0) is 30.8. The molecular weight excluding hydrogens is 555 g/mol. The molecule has 0 aliphatic heterocycles. The van der Waals surface area contributed by atoms with Crippen LogP contribution < -0.4 is 0 Å². The van der Waals surface area contributed by atoms with Crippen molar-refractivity contribution in [2.45, 2.75) is 122 Å². The summed E-state index contributed by atoms with van der Waals surface area (Å²) in [7, 11) is -4.84. The molecule has 0 aromatic heterocycles. The van der Waals surface area contributed by atoms with Crippen LogP contribution in [0.15, 0.2) is 24.3 Å². The molecule has 0 spiro atoms. The maximum atomic E-state index is 12.1. The summed E-state index contributed by atoms with van der Waals surface area (Å²) in [6, 6.07) is 0. The summed E-state index contributed by atoms with van der Waals surface area (Å²) < 4.78 is 25.6. The van der Waals surface area contributed by atoms with Crippen LogP contribution in [0.4, 0.5) is 0 Å². The number of carbonyl (C=O) groups is 4. The first kappa shape index (κ1) is 38.7. The second-order valence-corrected chi connectivity index (χ2v) is 11.1. The fourth-order valence-corrected chi connectivity index (χ4v) is 4.15. The molecule has 0 aliphatic carbocycles. The van der Waals surface area contributed by atoms with E-state index in [9.17, 15) is 23.7 Å². The minimum atomic E-state index is -4.84. The number of carboxylic acids is 1. The zero-order valence-electron chi connectivity index (χ0n) is 24.4. The van der Waals surface area contributed by atoms with Gasteiger partial charge in [0.05, 0.1) is 6.61 Å². The summed E-state index contributed by atoms with van der Waals surface area (Å²) >= 11 is 0. The van der Waals surface area contributed by atoms with Gasteiger partial charge >= 0.3 is 25.7 Å². The topological polar surface area (TPSA) is 174 Å². The average molecular weight is 605 g/mol.